The summed E-state index contributed by atoms with van der Waals surface area (Å²) in [6, 6.07) is 1.82. The minimum atomic E-state index is 0.760. The summed E-state index contributed by atoms with van der Waals surface area (Å²) in [5.74, 6) is 0.760. The molecule has 12 heavy (non-hydrogen) atoms. The quantitative estimate of drug-likeness (QED) is 0.742. The third-order valence-corrected chi connectivity index (χ3v) is 2.16. The summed E-state index contributed by atoms with van der Waals surface area (Å²) in [5.41, 5.74) is 0.773. The average molecular weight is 228 g/mol. The second-order valence-electron chi connectivity index (χ2n) is 2.29. The van der Waals surface area contributed by atoms with Gasteiger partial charge in [-0.15, -0.1) is 10.2 Å². The normalized spacial score (nSPS) is 10.5. The molecule has 5 heteroatoms. The van der Waals surface area contributed by atoms with E-state index in [0.717, 1.165) is 15.9 Å². The van der Waals surface area contributed by atoms with Crippen LogP contribution in [0.15, 0.2) is 23.1 Å². The first-order chi connectivity index (χ1) is 5.81. The number of hydrogen-bond donors (Lipinski definition) is 0. The summed E-state index contributed by atoms with van der Waals surface area (Å²) in [4.78, 5) is 0. The van der Waals surface area contributed by atoms with Crippen LogP contribution in [0, 0.1) is 0 Å². The van der Waals surface area contributed by atoms with Crippen molar-refractivity contribution in [1.29, 1.82) is 0 Å². The van der Waals surface area contributed by atoms with Crippen LogP contribution in [0.2, 0.25) is 0 Å². The standard InChI is InChI=1S/C7H6BrN3O/c1-12-6-2-7-10-9-4-11(7)3-5(6)8/h2-4H,1H3. The van der Waals surface area contributed by atoms with Gasteiger partial charge in [-0.25, -0.2) is 0 Å². The van der Waals surface area contributed by atoms with E-state index in [4.69, 9.17) is 4.74 Å². The number of nitrogens with zero attached hydrogens (tertiary/aromatic N) is 3. The number of hydrogen-bond acceptors (Lipinski definition) is 3. The summed E-state index contributed by atoms with van der Waals surface area (Å²) in [6.07, 6.45) is 3.49. The maximum atomic E-state index is 5.09. The molecule has 0 aliphatic carbocycles. The van der Waals surface area contributed by atoms with E-state index in [1.165, 1.54) is 0 Å². The minimum Gasteiger partial charge on any atom is -0.495 e. The zero-order valence-electron chi connectivity index (χ0n) is 6.36. The molecule has 0 N–H and O–H groups in total. The lowest BCUT2D eigenvalue weighted by Crippen LogP contribution is -1.88. The maximum Gasteiger partial charge on any atom is 0.164 e. The van der Waals surface area contributed by atoms with E-state index in [2.05, 4.69) is 26.1 Å². The van der Waals surface area contributed by atoms with Gasteiger partial charge in [-0.2, -0.15) is 0 Å². The largest absolute Gasteiger partial charge is 0.495 e. The van der Waals surface area contributed by atoms with Crippen LogP contribution in [0.3, 0.4) is 0 Å². The molecule has 0 atom stereocenters. The van der Waals surface area contributed by atoms with Crippen molar-refractivity contribution in [2.75, 3.05) is 7.11 Å². The summed E-state index contributed by atoms with van der Waals surface area (Å²) in [7, 11) is 1.62. The Kier molecular flexibility index (Phi) is 1.73. The van der Waals surface area contributed by atoms with E-state index >= 15 is 0 Å². The highest BCUT2D eigenvalue weighted by Gasteiger charge is 2.02. The van der Waals surface area contributed by atoms with Gasteiger partial charge in [-0.05, 0) is 15.9 Å². The highest BCUT2D eigenvalue weighted by Crippen LogP contribution is 2.24. The molecular weight excluding hydrogens is 222 g/mol. The molecule has 62 valence electrons. The molecule has 2 heterocycles. The molecule has 0 amide bonds. The first-order valence-corrected chi connectivity index (χ1v) is 4.13. The molecule has 0 fully saturated rings. The predicted molar refractivity (Wildman–Crippen MR) is 47.2 cm³/mol. The molecule has 2 rings (SSSR count). The van der Waals surface area contributed by atoms with Gasteiger partial charge in [0, 0.05) is 12.3 Å². The Morgan fingerprint density at radius 1 is 1.58 bits per heavy atom. The van der Waals surface area contributed by atoms with Crippen LogP contribution in [0.5, 0.6) is 5.75 Å². The molecule has 0 aromatic carbocycles. The van der Waals surface area contributed by atoms with Crippen LogP contribution in [-0.2, 0) is 0 Å². The van der Waals surface area contributed by atoms with Gasteiger partial charge >= 0.3 is 0 Å². The fraction of sp³-hybridized carbons (Fsp3) is 0.143. The van der Waals surface area contributed by atoms with Crippen molar-refractivity contribution in [2.24, 2.45) is 0 Å². The molecule has 0 aliphatic rings. The van der Waals surface area contributed by atoms with Crippen LogP contribution in [-0.4, -0.2) is 21.7 Å². The molecule has 0 saturated heterocycles. The third-order valence-electron chi connectivity index (χ3n) is 1.57. The molecule has 0 spiro atoms. The highest BCUT2D eigenvalue weighted by atomic mass is 79.9. The van der Waals surface area contributed by atoms with E-state index in [-0.39, 0.29) is 0 Å². The number of ether oxygens (including phenoxy) is 1. The topological polar surface area (TPSA) is 39.4 Å². The van der Waals surface area contributed by atoms with Crippen molar-refractivity contribution in [3.8, 4) is 5.75 Å². The fourth-order valence-corrected chi connectivity index (χ4v) is 1.48. The number of halogens is 1. The van der Waals surface area contributed by atoms with Gasteiger partial charge < -0.3 is 4.74 Å². The zero-order chi connectivity index (χ0) is 8.55. The summed E-state index contributed by atoms with van der Waals surface area (Å²) in [6.45, 7) is 0. The van der Waals surface area contributed by atoms with E-state index in [0.29, 0.717) is 0 Å². The number of fused-ring (bicyclic) bond motifs is 1. The first-order valence-electron chi connectivity index (χ1n) is 3.34. The Balaban J connectivity index is 2.73. The van der Waals surface area contributed by atoms with E-state index in [1.54, 1.807) is 13.4 Å². The van der Waals surface area contributed by atoms with Gasteiger partial charge in [0.25, 0.3) is 0 Å². The van der Waals surface area contributed by atoms with Crippen LogP contribution in [0.4, 0.5) is 0 Å². The van der Waals surface area contributed by atoms with Gasteiger partial charge in [0.15, 0.2) is 5.65 Å². The van der Waals surface area contributed by atoms with Gasteiger partial charge in [0.2, 0.25) is 0 Å². The van der Waals surface area contributed by atoms with E-state index in [1.807, 2.05) is 16.7 Å². The van der Waals surface area contributed by atoms with Gasteiger partial charge in [0.1, 0.15) is 12.1 Å². The maximum absolute atomic E-state index is 5.09. The smallest absolute Gasteiger partial charge is 0.164 e. The molecule has 0 bridgehead atoms. The van der Waals surface area contributed by atoms with Crippen molar-refractivity contribution >= 4 is 21.6 Å². The summed E-state index contributed by atoms with van der Waals surface area (Å²) in [5, 5.41) is 7.63. The number of methoxy groups -OCH3 is 1. The van der Waals surface area contributed by atoms with E-state index < -0.39 is 0 Å². The molecule has 2 aromatic rings. The molecule has 0 aliphatic heterocycles. The molecular formula is C7H6BrN3O. The lowest BCUT2D eigenvalue weighted by Gasteiger charge is -2.02. The number of pyridine rings is 1. The number of aromatic nitrogens is 3. The molecule has 0 radical (unpaired) electrons. The Morgan fingerprint density at radius 3 is 3.17 bits per heavy atom. The Labute approximate surface area is 77.3 Å². The minimum absolute atomic E-state index is 0.760. The lowest BCUT2D eigenvalue weighted by atomic mass is 10.4. The third kappa shape index (κ3) is 1.06. The average Bonchev–Trinajstić information content (AvgIpc) is 2.49. The Morgan fingerprint density at radius 2 is 2.42 bits per heavy atom. The van der Waals surface area contributed by atoms with Crippen molar-refractivity contribution in [1.82, 2.24) is 14.6 Å². The Hall–Kier alpha value is -1.10. The number of rotatable bonds is 1. The SMILES string of the molecule is COc1cc2nncn2cc1Br. The van der Waals surface area contributed by atoms with Crippen molar-refractivity contribution in [3.05, 3.63) is 23.1 Å². The van der Waals surface area contributed by atoms with Gasteiger partial charge in [0.05, 0.1) is 11.6 Å². The Bertz CT molecular complexity index is 412. The summed E-state index contributed by atoms with van der Waals surface area (Å²) >= 11 is 3.36. The van der Waals surface area contributed by atoms with Crippen molar-refractivity contribution < 1.29 is 4.74 Å². The molecule has 2 aromatic heterocycles. The second-order valence-corrected chi connectivity index (χ2v) is 3.14. The van der Waals surface area contributed by atoms with Gasteiger partial charge in [-0.1, -0.05) is 0 Å². The van der Waals surface area contributed by atoms with Crippen LogP contribution in [0.25, 0.3) is 5.65 Å². The molecule has 0 unspecified atom stereocenters. The zero-order valence-corrected chi connectivity index (χ0v) is 7.95. The molecule has 0 saturated carbocycles. The van der Waals surface area contributed by atoms with E-state index in [9.17, 15) is 0 Å². The fourth-order valence-electron chi connectivity index (χ4n) is 0.983. The van der Waals surface area contributed by atoms with Crippen LogP contribution < -0.4 is 4.74 Å². The first kappa shape index (κ1) is 7.54. The predicted octanol–water partition coefficient (Wildman–Crippen LogP) is 1.50. The molecule has 4 nitrogen and oxygen atoms in total. The second kappa shape index (κ2) is 2.75. The lowest BCUT2D eigenvalue weighted by molar-refractivity contribution is 0.412. The van der Waals surface area contributed by atoms with Crippen molar-refractivity contribution in [3.63, 3.8) is 0 Å². The van der Waals surface area contributed by atoms with Crippen molar-refractivity contribution in [2.45, 2.75) is 0 Å². The van der Waals surface area contributed by atoms with Gasteiger partial charge in [-0.3, -0.25) is 4.40 Å². The monoisotopic (exact) mass is 227 g/mol. The highest BCUT2D eigenvalue weighted by molar-refractivity contribution is 9.10. The summed E-state index contributed by atoms with van der Waals surface area (Å²) < 4.78 is 7.79. The van der Waals surface area contributed by atoms with Crippen LogP contribution in [0.1, 0.15) is 0 Å². The van der Waals surface area contributed by atoms with Crippen LogP contribution >= 0.6 is 15.9 Å².